The number of rotatable bonds is 4. The van der Waals surface area contributed by atoms with Gasteiger partial charge < -0.3 is 9.80 Å². The number of amides is 2. The van der Waals surface area contributed by atoms with Gasteiger partial charge in [0.15, 0.2) is 0 Å². The Balaban J connectivity index is 1.44. The fourth-order valence-corrected chi connectivity index (χ4v) is 5.49. The molecule has 0 bridgehead atoms. The molecule has 0 unspecified atom stereocenters. The van der Waals surface area contributed by atoms with E-state index in [-0.39, 0.29) is 11.9 Å². The predicted octanol–water partition coefficient (Wildman–Crippen LogP) is 3.40. The molecule has 29 heavy (non-hydrogen) atoms. The first-order valence-corrected chi connectivity index (χ1v) is 11.5. The first-order chi connectivity index (χ1) is 14.1. The van der Waals surface area contributed by atoms with Crippen molar-refractivity contribution in [2.24, 2.45) is 5.92 Å². The van der Waals surface area contributed by atoms with Crippen LogP contribution in [0.5, 0.6) is 0 Å². The third kappa shape index (κ3) is 4.50. The zero-order valence-corrected chi connectivity index (χ0v) is 17.8. The molecule has 4 rings (SSSR count). The number of carbonyl (C=O) groups excluding carboxylic acids is 2. The highest BCUT2D eigenvalue weighted by atomic mass is 16.2. The molecule has 0 spiro atoms. The van der Waals surface area contributed by atoms with Crippen LogP contribution in [0.15, 0.2) is 30.3 Å². The molecule has 1 aliphatic carbocycles. The van der Waals surface area contributed by atoms with Gasteiger partial charge in [-0.15, -0.1) is 0 Å². The van der Waals surface area contributed by atoms with E-state index in [1.165, 1.54) is 32.1 Å². The van der Waals surface area contributed by atoms with E-state index in [0.29, 0.717) is 31.0 Å². The number of hydrogen-bond donors (Lipinski definition) is 0. The summed E-state index contributed by atoms with van der Waals surface area (Å²) >= 11 is 0. The number of piperidine rings is 1. The lowest BCUT2D eigenvalue weighted by molar-refractivity contribution is -0.143. The van der Waals surface area contributed by atoms with Gasteiger partial charge in [0.25, 0.3) is 5.91 Å². The molecule has 2 heterocycles. The van der Waals surface area contributed by atoms with E-state index in [2.05, 4.69) is 16.7 Å². The summed E-state index contributed by atoms with van der Waals surface area (Å²) in [5, 5.41) is 0. The molecular formula is C24H35N3O2. The average Bonchev–Trinajstić information content (AvgIpc) is 3.29. The van der Waals surface area contributed by atoms with Crippen LogP contribution in [0.3, 0.4) is 0 Å². The van der Waals surface area contributed by atoms with Crippen LogP contribution in [0, 0.1) is 5.92 Å². The van der Waals surface area contributed by atoms with Crippen molar-refractivity contribution in [3.05, 3.63) is 35.9 Å². The van der Waals surface area contributed by atoms with Crippen molar-refractivity contribution in [3.63, 3.8) is 0 Å². The molecule has 2 aliphatic heterocycles. The summed E-state index contributed by atoms with van der Waals surface area (Å²) in [6, 6.07) is 9.91. The first kappa shape index (κ1) is 20.4. The second-order valence-electron chi connectivity index (χ2n) is 9.06. The Bertz CT molecular complexity index is 693. The Labute approximate surface area is 175 Å². The van der Waals surface area contributed by atoms with Gasteiger partial charge in [-0.05, 0) is 57.1 Å². The molecule has 3 fully saturated rings. The Hall–Kier alpha value is -1.88. The van der Waals surface area contributed by atoms with Crippen molar-refractivity contribution in [2.45, 2.75) is 64.0 Å². The van der Waals surface area contributed by atoms with Gasteiger partial charge in [-0.25, -0.2) is 0 Å². The molecule has 3 aliphatic rings. The maximum Gasteiger partial charge on any atom is 0.253 e. The largest absolute Gasteiger partial charge is 0.339 e. The Kier molecular flexibility index (Phi) is 6.53. The minimum Gasteiger partial charge on any atom is -0.339 e. The van der Waals surface area contributed by atoms with E-state index in [1.807, 2.05) is 35.2 Å². The molecule has 1 aromatic rings. The first-order valence-electron chi connectivity index (χ1n) is 11.5. The monoisotopic (exact) mass is 397 g/mol. The Morgan fingerprint density at radius 3 is 2.17 bits per heavy atom. The zero-order valence-electron chi connectivity index (χ0n) is 17.8. The van der Waals surface area contributed by atoms with E-state index in [9.17, 15) is 9.59 Å². The molecule has 0 aromatic heterocycles. The molecule has 0 radical (unpaired) electrons. The maximum absolute atomic E-state index is 13.6. The number of nitrogens with zero attached hydrogens (tertiary/aromatic N) is 3. The summed E-state index contributed by atoms with van der Waals surface area (Å²) in [6.07, 6.45) is 8.32. The third-order valence-electron chi connectivity index (χ3n) is 7.20. The van der Waals surface area contributed by atoms with Gasteiger partial charge in [0.1, 0.15) is 0 Å². The minimum atomic E-state index is 0.00651. The summed E-state index contributed by atoms with van der Waals surface area (Å²) in [6.45, 7) is 6.13. The lowest BCUT2D eigenvalue weighted by atomic mass is 9.92. The molecule has 158 valence electrons. The van der Waals surface area contributed by atoms with Crippen LogP contribution >= 0.6 is 0 Å². The van der Waals surface area contributed by atoms with E-state index >= 15 is 0 Å². The van der Waals surface area contributed by atoms with Crippen LogP contribution in [0.25, 0.3) is 0 Å². The van der Waals surface area contributed by atoms with Crippen molar-refractivity contribution >= 4 is 11.8 Å². The van der Waals surface area contributed by atoms with Gasteiger partial charge in [0.05, 0.1) is 6.04 Å². The number of likely N-dealkylation sites (tertiary alicyclic amines) is 1. The third-order valence-corrected chi connectivity index (χ3v) is 7.20. The molecule has 1 saturated carbocycles. The highest BCUT2D eigenvalue weighted by Gasteiger charge is 2.40. The standard InChI is InChI=1S/C24H35N3O2/c1-19-9-7-8-14-27(19)24(29)22(20-10-5-6-11-20)25-15-17-26(18-16-25)23(28)21-12-3-2-4-13-21/h2-4,12-13,19-20,22H,5-11,14-18H2,1H3/t19-,22+/m0/s1. The zero-order chi connectivity index (χ0) is 20.2. The summed E-state index contributed by atoms with van der Waals surface area (Å²) in [7, 11) is 0. The van der Waals surface area contributed by atoms with Crippen LogP contribution in [0.1, 0.15) is 62.2 Å². The average molecular weight is 398 g/mol. The summed E-state index contributed by atoms with van der Waals surface area (Å²) in [5.74, 6) is 0.943. The smallest absolute Gasteiger partial charge is 0.253 e. The molecule has 2 amide bonds. The molecule has 0 N–H and O–H groups in total. The van der Waals surface area contributed by atoms with Gasteiger partial charge in [0, 0.05) is 44.3 Å². The van der Waals surface area contributed by atoms with Crippen LogP contribution in [-0.4, -0.2) is 71.3 Å². The van der Waals surface area contributed by atoms with Gasteiger partial charge in [-0.2, -0.15) is 0 Å². The van der Waals surface area contributed by atoms with E-state index in [4.69, 9.17) is 0 Å². The topological polar surface area (TPSA) is 43.9 Å². The van der Waals surface area contributed by atoms with Gasteiger partial charge in [-0.3, -0.25) is 14.5 Å². The minimum absolute atomic E-state index is 0.00651. The van der Waals surface area contributed by atoms with Crippen molar-refractivity contribution in [3.8, 4) is 0 Å². The highest BCUT2D eigenvalue weighted by molar-refractivity contribution is 5.94. The summed E-state index contributed by atoms with van der Waals surface area (Å²) in [5.41, 5.74) is 0.756. The van der Waals surface area contributed by atoms with Crippen molar-refractivity contribution in [1.29, 1.82) is 0 Å². The van der Waals surface area contributed by atoms with Crippen LogP contribution in [-0.2, 0) is 4.79 Å². The Morgan fingerprint density at radius 2 is 1.52 bits per heavy atom. The second-order valence-corrected chi connectivity index (χ2v) is 9.06. The predicted molar refractivity (Wildman–Crippen MR) is 115 cm³/mol. The second kappa shape index (κ2) is 9.29. The van der Waals surface area contributed by atoms with Gasteiger partial charge in [-0.1, -0.05) is 31.0 Å². The number of carbonyl (C=O) groups is 2. The molecule has 1 aromatic carbocycles. The fraction of sp³-hybridized carbons (Fsp3) is 0.667. The van der Waals surface area contributed by atoms with Crippen LogP contribution in [0.2, 0.25) is 0 Å². The van der Waals surface area contributed by atoms with Crippen LogP contribution < -0.4 is 0 Å². The highest BCUT2D eigenvalue weighted by Crippen LogP contribution is 2.33. The quantitative estimate of drug-likeness (QED) is 0.782. The number of benzene rings is 1. The molecule has 5 heteroatoms. The number of piperazine rings is 1. The maximum atomic E-state index is 13.6. The molecule has 5 nitrogen and oxygen atoms in total. The van der Waals surface area contributed by atoms with Gasteiger partial charge in [0.2, 0.25) is 5.91 Å². The van der Waals surface area contributed by atoms with E-state index in [0.717, 1.165) is 38.0 Å². The van der Waals surface area contributed by atoms with Crippen LogP contribution in [0.4, 0.5) is 0 Å². The summed E-state index contributed by atoms with van der Waals surface area (Å²) < 4.78 is 0. The fourth-order valence-electron chi connectivity index (χ4n) is 5.49. The van der Waals surface area contributed by atoms with Crippen molar-refractivity contribution in [1.82, 2.24) is 14.7 Å². The number of hydrogen-bond acceptors (Lipinski definition) is 3. The lowest BCUT2D eigenvalue weighted by Gasteiger charge is -2.44. The molecule has 2 atom stereocenters. The van der Waals surface area contributed by atoms with Gasteiger partial charge >= 0.3 is 0 Å². The molecular weight excluding hydrogens is 362 g/mol. The van der Waals surface area contributed by atoms with E-state index in [1.54, 1.807) is 0 Å². The van der Waals surface area contributed by atoms with Crippen molar-refractivity contribution in [2.75, 3.05) is 32.7 Å². The Morgan fingerprint density at radius 1 is 0.862 bits per heavy atom. The summed E-state index contributed by atoms with van der Waals surface area (Å²) in [4.78, 5) is 32.9. The van der Waals surface area contributed by atoms with E-state index < -0.39 is 0 Å². The lowest BCUT2D eigenvalue weighted by Crippen LogP contribution is -2.60. The van der Waals surface area contributed by atoms with Crippen molar-refractivity contribution < 1.29 is 9.59 Å². The SMILES string of the molecule is C[C@H]1CCCCN1C(=O)[C@@H](C1CCCC1)N1CCN(C(=O)c2ccccc2)CC1. The molecule has 2 saturated heterocycles. The normalized spacial score (nSPS) is 25.2.